The van der Waals surface area contributed by atoms with Gasteiger partial charge < -0.3 is 10.2 Å². The maximum atomic E-state index is 6.08. The average molecular weight is 332 g/mol. The van der Waals surface area contributed by atoms with Crippen molar-refractivity contribution in [3.63, 3.8) is 0 Å². The summed E-state index contributed by atoms with van der Waals surface area (Å²) < 4.78 is 1.78. The number of nitrogens with one attached hydrogen (secondary N) is 1. The van der Waals surface area contributed by atoms with Crippen LogP contribution >= 0.6 is 0 Å². The highest BCUT2D eigenvalue weighted by molar-refractivity contribution is 6.36. The molecule has 0 aromatic carbocycles. The third-order valence-electron chi connectivity index (χ3n) is 4.85. The number of aromatic nitrogens is 4. The molecule has 0 saturated carbocycles. The summed E-state index contributed by atoms with van der Waals surface area (Å²) in [7, 11) is 8.25. The van der Waals surface area contributed by atoms with E-state index in [0.29, 0.717) is 17.9 Å². The van der Waals surface area contributed by atoms with Crippen LogP contribution < -0.4 is 10.8 Å². The van der Waals surface area contributed by atoms with Crippen molar-refractivity contribution in [3.05, 3.63) is 48.0 Å². The summed E-state index contributed by atoms with van der Waals surface area (Å²) in [6.45, 7) is 2.88. The fourth-order valence-electron chi connectivity index (χ4n) is 3.33. The maximum absolute atomic E-state index is 6.08. The highest BCUT2D eigenvalue weighted by atomic mass is 15.3. The van der Waals surface area contributed by atoms with Crippen molar-refractivity contribution in [2.45, 2.75) is 25.3 Å². The Hall–Kier alpha value is -2.41. The number of fused-ring (bicyclic) bond motifs is 1. The number of hydrogen-bond acceptors (Lipinski definition) is 5. The summed E-state index contributed by atoms with van der Waals surface area (Å²) in [5, 5.41) is 7.83. The Labute approximate surface area is 148 Å². The van der Waals surface area contributed by atoms with Crippen LogP contribution in [0.25, 0.3) is 5.65 Å². The topological polar surface area (TPSA) is 58.4 Å². The fraction of sp³-hybridized carbons (Fsp3) is 0.389. The molecule has 1 saturated heterocycles. The van der Waals surface area contributed by atoms with Gasteiger partial charge in [-0.15, -0.1) is 0 Å². The van der Waals surface area contributed by atoms with Gasteiger partial charge in [-0.05, 0) is 50.1 Å². The lowest BCUT2D eigenvalue weighted by Gasteiger charge is -2.28. The molecule has 3 aromatic rings. The Morgan fingerprint density at radius 3 is 2.88 bits per heavy atom. The van der Waals surface area contributed by atoms with E-state index in [-0.39, 0.29) is 0 Å². The van der Waals surface area contributed by atoms with Crippen molar-refractivity contribution in [3.8, 4) is 0 Å². The van der Waals surface area contributed by atoms with Crippen LogP contribution in [-0.4, -0.2) is 52.5 Å². The molecule has 1 aliphatic heterocycles. The van der Waals surface area contributed by atoms with Gasteiger partial charge in [0.1, 0.15) is 19.3 Å². The number of hydrogen-bond donors (Lipinski definition) is 1. The van der Waals surface area contributed by atoms with Crippen LogP contribution in [-0.2, 0) is 6.54 Å². The molecule has 2 radical (unpaired) electrons. The van der Waals surface area contributed by atoms with Crippen molar-refractivity contribution in [1.29, 1.82) is 0 Å². The monoisotopic (exact) mass is 332 g/mol. The number of pyridine rings is 1. The second-order valence-electron chi connectivity index (χ2n) is 6.69. The number of likely N-dealkylation sites (tertiary alicyclic amines) is 1. The number of nitrogens with zero attached hydrogens (tertiary/aromatic N) is 5. The second-order valence-corrected chi connectivity index (χ2v) is 6.69. The largest absolute Gasteiger partial charge is 0.366 e. The predicted molar refractivity (Wildman–Crippen MR) is 99.4 cm³/mol. The SMILES string of the molecule is [B]c1cnn2c(NCc3cccnc3)cc(C3CCN(C)CC3)nc12. The molecule has 4 heterocycles. The summed E-state index contributed by atoms with van der Waals surface area (Å²) in [4.78, 5) is 11.3. The molecule has 0 spiro atoms. The molecule has 1 N–H and O–H groups in total. The van der Waals surface area contributed by atoms with E-state index in [2.05, 4.69) is 33.4 Å². The summed E-state index contributed by atoms with van der Waals surface area (Å²) in [5.41, 5.74) is 3.55. The first-order valence-electron chi connectivity index (χ1n) is 8.66. The maximum Gasteiger partial charge on any atom is 0.150 e. The predicted octanol–water partition coefficient (Wildman–Crippen LogP) is 1.34. The fourth-order valence-corrected chi connectivity index (χ4v) is 3.33. The lowest BCUT2D eigenvalue weighted by atomic mass is 9.93. The molecule has 0 bridgehead atoms. The zero-order chi connectivity index (χ0) is 17.2. The van der Waals surface area contributed by atoms with E-state index in [1.54, 1.807) is 16.9 Å². The van der Waals surface area contributed by atoms with Crippen LogP contribution in [0.5, 0.6) is 0 Å². The summed E-state index contributed by atoms with van der Waals surface area (Å²) in [5.74, 6) is 1.38. The molecule has 1 aliphatic rings. The van der Waals surface area contributed by atoms with E-state index in [0.717, 1.165) is 48.7 Å². The minimum atomic E-state index is 0.467. The first kappa shape index (κ1) is 16.1. The van der Waals surface area contributed by atoms with Gasteiger partial charge in [0.05, 0.1) is 0 Å². The van der Waals surface area contributed by atoms with E-state index in [1.807, 2.05) is 18.3 Å². The Balaban J connectivity index is 1.64. The molecule has 0 aliphatic carbocycles. The third kappa shape index (κ3) is 3.37. The molecule has 25 heavy (non-hydrogen) atoms. The average Bonchev–Trinajstić information content (AvgIpc) is 3.02. The molecule has 7 heteroatoms. The van der Waals surface area contributed by atoms with Crippen molar-refractivity contribution in [2.24, 2.45) is 0 Å². The molecule has 0 amide bonds. The minimum absolute atomic E-state index is 0.467. The van der Waals surface area contributed by atoms with Gasteiger partial charge in [0, 0.05) is 42.8 Å². The van der Waals surface area contributed by atoms with Crippen LogP contribution in [0.4, 0.5) is 5.82 Å². The Kier molecular flexibility index (Phi) is 4.40. The van der Waals surface area contributed by atoms with E-state index in [9.17, 15) is 0 Å². The van der Waals surface area contributed by atoms with Gasteiger partial charge in [0.15, 0.2) is 0 Å². The van der Waals surface area contributed by atoms with Crippen LogP contribution in [0.3, 0.4) is 0 Å². The number of piperidine rings is 1. The van der Waals surface area contributed by atoms with Crippen LogP contribution in [0.15, 0.2) is 36.8 Å². The van der Waals surface area contributed by atoms with Crippen LogP contribution in [0, 0.1) is 0 Å². The van der Waals surface area contributed by atoms with Gasteiger partial charge in [-0.1, -0.05) is 6.07 Å². The van der Waals surface area contributed by atoms with E-state index in [1.165, 1.54) is 0 Å². The lowest BCUT2D eigenvalue weighted by Crippen LogP contribution is -2.29. The smallest absolute Gasteiger partial charge is 0.150 e. The molecule has 0 atom stereocenters. The van der Waals surface area contributed by atoms with Crippen molar-refractivity contribution >= 4 is 24.8 Å². The van der Waals surface area contributed by atoms with Gasteiger partial charge in [-0.25, -0.2) is 4.98 Å². The van der Waals surface area contributed by atoms with E-state index in [4.69, 9.17) is 12.8 Å². The number of anilines is 1. The molecule has 1 fully saturated rings. The Morgan fingerprint density at radius 2 is 2.12 bits per heavy atom. The van der Waals surface area contributed by atoms with Gasteiger partial charge >= 0.3 is 0 Å². The molecule has 0 unspecified atom stereocenters. The van der Waals surface area contributed by atoms with Gasteiger partial charge in [-0.3, -0.25) is 4.98 Å². The standard InChI is InChI=1S/C18H21BN6/c1-24-7-4-14(5-8-24)16-9-17(21-11-13-3-2-6-20-10-13)25-18(23-16)15(19)12-22-25/h2-3,6,9-10,12,14,21H,4-5,7-8,11H2,1H3. The quantitative estimate of drug-likeness (QED) is 0.731. The Bertz CT molecular complexity index is 855. The second kappa shape index (κ2) is 6.84. The molecule has 126 valence electrons. The van der Waals surface area contributed by atoms with E-state index >= 15 is 0 Å². The minimum Gasteiger partial charge on any atom is -0.366 e. The van der Waals surface area contributed by atoms with Gasteiger partial charge in [0.2, 0.25) is 0 Å². The van der Waals surface area contributed by atoms with Crippen molar-refractivity contribution in [2.75, 3.05) is 25.5 Å². The highest BCUT2D eigenvalue weighted by Crippen LogP contribution is 2.28. The Morgan fingerprint density at radius 1 is 1.28 bits per heavy atom. The summed E-state index contributed by atoms with van der Waals surface area (Å²) in [6.07, 6.45) is 7.54. The molecular weight excluding hydrogens is 311 g/mol. The normalized spacial score (nSPS) is 16.4. The highest BCUT2D eigenvalue weighted by Gasteiger charge is 2.21. The first-order valence-corrected chi connectivity index (χ1v) is 8.66. The molecule has 3 aromatic heterocycles. The van der Waals surface area contributed by atoms with E-state index < -0.39 is 0 Å². The third-order valence-corrected chi connectivity index (χ3v) is 4.85. The first-order chi connectivity index (χ1) is 12.2. The zero-order valence-electron chi connectivity index (χ0n) is 14.4. The molecule has 4 rings (SSSR count). The molecular formula is C18H21BN6. The van der Waals surface area contributed by atoms with Crippen LogP contribution in [0.1, 0.15) is 30.0 Å². The lowest BCUT2D eigenvalue weighted by molar-refractivity contribution is 0.253. The van der Waals surface area contributed by atoms with Gasteiger partial charge in [0.25, 0.3) is 0 Å². The molecule has 6 nitrogen and oxygen atoms in total. The zero-order valence-corrected chi connectivity index (χ0v) is 14.4. The van der Waals surface area contributed by atoms with Crippen LogP contribution in [0.2, 0.25) is 0 Å². The van der Waals surface area contributed by atoms with Crippen molar-refractivity contribution in [1.82, 2.24) is 24.5 Å². The van der Waals surface area contributed by atoms with Crippen molar-refractivity contribution < 1.29 is 0 Å². The number of rotatable bonds is 4. The summed E-state index contributed by atoms with van der Waals surface area (Å²) in [6, 6.07) is 6.11. The summed E-state index contributed by atoms with van der Waals surface area (Å²) >= 11 is 0. The van der Waals surface area contributed by atoms with Gasteiger partial charge in [-0.2, -0.15) is 9.61 Å².